The van der Waals surface area contributed by atoms with Crippen molar-refractivity contribution in [3.63, 3.8) is 0 Å². The molecule has 1 aliphatic heterocycles. The molecule has 1 amide bonds. The average Bonchev–Trinajstić information content (AvgIpc) is 3.19. The minimum Gasteiger partial charge on any atom is -0.351 e. The van der Waals surface area contributed by atoms with Crippen LogP contribution in [0.2, 0.25) is 0 Å². The molecule has 1 saturated heterocycles. The van der Waals surface area contributed by atoms with Crippen LogP contribution in [0.3, 0.4) is 0 Å². The molecule has 2 aromatic heterocycles. The fourth-order valence-electron chi connectivity index (χ4n) is 3.42. The van der Waals surface area contributed by atoms with Gasteiger partial charge >= 0.3 is 0 Å². The van der Waals surface area contributed by atoms with E-state index in [1.54, 1.807) is 0 Å². The summed E-state index contributed by atoms with van der Waals surface area (Å²) in [5.74, 6) is 0.264. The minimum atomic E-state index is 0.201. The van der Waals surface area contributed by atoms with Crippen LogP contribution >= 0.6 is 0 Å². The molecule has 23 heavy (non-hydrogen) atoms. The standard InChI is InChI=1S/C18H26N4O/c1-15-12-19-21(13-15)14-17-7-3-4-10-22(17)18(23)11-16(2)20-8-5-6-9-20/h5-6,8-9,12-13,16-17H,3-4,7,10-11,14H2,1-2H3. The van der Waals surface area contributed by atoms with Gasteiger partial charge in [-0.2, -0.15) is 5.10 Å². The Bertz CT molecular complexity index is 631. The number of amides is 1. The highest BCUT2D eigenvalue weighted by atomic mass is 16.2. The molecule has 0 saturated carbocycles. The van der Waals surface area contributed by atoms with Crippen molar-refractivity contribution in [3.05, 3.63) is 42.5 Å². The Labute approximate surface area is 137 Å². The van der Waals surface area contributed by atoms with Gasteiger partial charge in [-0.1, -0.05) is 0 Å². The van der Waals surface area contributed by atoms with E-state index in [1.165, 1.54) is 12.0 Å². The third kappa shape index (κ3) is 3.84. The first-order chi connectivity index (χ1) is 11.1. The Balaban J connectivity index is 1.64. The Kier molecular flexibility index (Phi) is 4.84. The molecule has 5 heteroatoms. The number of nitrogens with zero attached hydrogens (tertiary/aromatic N) is 4. The van der Waals surface area contributed by atoms with Crippen molar-refractivity contribution < 1.29 is 4.79 Å². The van der Waals surface area contributed by atoms with Gasteiger partial charge < -0.3 is 9.47 Å². The number of hydrogen-bond donors (Lipinski definition) is 0. The van der Waals surface area contributed by atoms with Gasteiger partial charge in [-0.25, -0.2) is 0 Å². The van der Waals surface area contributed by atoms with Crippen LogP contribution in [0.1, 0.15) is 44.2 Å². The van der Waals surface area contributed by atoms with Crippen LogP contribution in [0.5, 0.6) is 0 Å². The Hall–Kier alpha value is -2.04. The number of rotatable bonds is 5. The lowest BCUT2D eigenvalue weighted by molar-refractivity contribution is -0.136. The lowest BCUT2D eigenvalue weighted by atomic mass is 10.0. The summed E-state index contributed by atoms with van der Waals surface area (Å²) >= 11 is 0. The van der Waals surface area contributed by atoms with Gasteiger partial charge in [0.1, 0.15) is 0 Å². The molecule has 124 valence electrons. The number of hydrogen-bond acceptors (Lipinski definition) is 2. The molecule has 3 rings (SSSR count). The number of piperidine rings is 1. The maximum absolute atomic E-state index is 12.8. The van der Waals surface area contributed by atoms with Crippen LogP contribution in [-0.2, 0) is 11.3 Å². The monoisotopic (exact) mass is 314 g/mol. The summed E-state index contributed by atoms with van der Waals surface area (Å²) in [6, 6.07) is 4.48. The van der Waals surface area contributed by atoms with Gasteiger partial charge in [0.05, 0.1) is 18.8 Å². The van der Waals surface area contributed by atoms with Crippen molar-refractivity contribution in [2.24, 2.45) is 0 Å². The van der Waals surface area contributed by atoms with Gasteiger partial charge in [-0.05, 0) is 50.8 Å². The summed E-state index contributed by atoms with van der Waals surface area (Å²) in [5, 5.41) is 4.38. The number of carbonyl (C=O) groups is 1. The first-order valence-electron chi connectivity index (χ1n) is 8.54. The van der Waals surface area contributed by atoms with Crippen LogP contribution in [-0.4, -0.2) is 37.7 Å². The predicted octanol–water partition coefficient (Wildman–Crippen LogP) is 3.03. The zero-order chi connectivity index (χ0) is 16.2. The van der Waals surface area contributed by atoms with Crippen LogP contribution < -0.4 is 0 Å². The third-order valence-corrected chi connectivity index (χ3v) is 4.71. The second kappa shape index (κ2) is 7.02. The molecule has 0 aliphatic carbocycles. The first-order valence-corrected chi connectivity index (χ1v) is 8.54. The zero-order valence-corrected chi connectivity index (χ0v) is 14.1. The van der Waals surface area contributed by atoms with E-state index in [2.05, 4.69) is 27.7 Å². The zero-order valence-electron chi connectivity index (χ0n) is 14.1. The topological polar surface area (TPSA) is 43.1 Å². The number of carbonyl (C=O) groups excluding carboxylic acids is 1. The van der Waals surface area contributed by atoms with Crippen LogP contribution in [0.15, 0.2) is 36.9 Å². The van der Waals surface area contributed by atoms with E-state index >= 15 is 0 Å². The summed E-state index contributed by atoms with van der Waals surface area (Å²) in [6.07, 6.45) is 11.9. The molecule has 0 aromatic carbocycles. The fraction of sp³-hybridized carbons (Fsp3) is 0.556. The van der Waals surface area contributed by atoms with E-state index in [1.807, 2.05) is 42.3 Å². The van der Waals surface area contributed by atoms with Crippen LogP contribution in [0, 0.1) is 6.92 Å². The van der Waals surface area contributed by atoms with Crippen molar-refractivity contribution in [1.82, 2.24) is 19.2 Å². The molecule has 0 spiro atoms. The predicted molar refractivity (Wildman–Crippen MR) is 90.1 cm³/mol. The first kappa shape index (κ1) is 15.8. The normalized spacial score (nSPS) is 19.7. The van der Waals surface area contributed by atoms with Crippen LogP contribution in [0.25, 0.3) is 0 Å². The van der Waals surface area contributed by atoms with Gasteiger partial charge in [0.2, 0.25) is 5.91 Å². The summed E-state index contributed by atoms with van der Waals surface area (Å²) in [5.41, 5.74) is 1.17. The number of aromatic nitrogens is 3. The van der Waals surface area contributed by atoms with E-state index < -0.39 is 0 Å². The second-order valence-electron chi connectivity index (χ2n) is 6.66. The molecule has 2 atom stereocenters. The van der Waals surface area contributed by atoms with E-state index in [-0.39, 0.29) is 18.0 Å². The van der Waals surface area contributed by atoms with E-state index in [9.17, 15) is 4.79 Å². The number of aryl methyl sites for hydroxylation is 1. The lowest BCUT2D eigenvalue weighted by Crippen LogP contribution is -2.46. The van der Waals surface area contributed by atoms with Gasteiger partial charge in [0.25, 0.3) is 0 Å². The summed E-state index contributed by atoms with van der Waals surface area (Å²) in [4.78, 5) is 14.9. The SMILES string of the molecule is Cc1cnn(CC2CCCCN2C(=O)CC(C)n2cccc2)c1. The highest BCUT2D eigenvalue weighted by Gasteiger charge is 2.28. The molecular weight excluding hydrogens is 288 g/mol. The maximum atomic E-state index is 12.8. The highest BCUT2D eigenvalue weighted by molar-refractivity contribution is 5.77. The third-order valence-electron chi connectivity index (χ3n) is 4.71. The summed E-state index contributed by atoms with van der Waals surface area (Å²) < 4.78 is 4.08. The maximum Gasteiger partial charge on any atom is 0.224 e. The highest BCUT2D eigenvalue weighted by Crippen LogP contribution is 2.22. The van der Waals surface area contributed by atoms with Crippen molar-refractivity contribution in [3.8, 4) is 0 Å². The Morgan fingerprint density at radius 2 is 2.13 bits per heavy atom. The second-order valence-corrected chi connectivity index (χ2v) is 6.66. The van der Waals surface area contributed by atoms with Crippen molar-refractivity contribution in [2.45, 2.75) is 58.2 Å². The molecule has 1 aliphatic rings. The molecule has 2 unspecified atom stereocenters. The van der Waals surface area contributed by atoms with Gasteiger partial charge in [0.15, 0.2) is 0 Å². The fourth-order valence-corrected chi connectivity index (χ4v) is 3.42. The van der Waals surface area contributed by atoms with Gasteiger partial charge in [0, 0.05) is 37.6 Å². The lowest BCUT2D eigenvalue weighted by Gasteiger charge is -2.36. The molecule has 0 bridgehead atoms. The van der Waals surface area contributed by atoms with Crippen molar-refractivity contribution in [1.29, 1.82) is 0 Å². The molecule has 0 radical (unpaired) electrons. The van der Waals surface area contributed by atoms with Gasteiger partial charge in [-0.3, -0.25) is 9.48 Å². The molecular formula is C18H26N4O. The molecule has 1 fully saturated rings. The van der Waals surface area contributed by atoms with Crippen molar-refractivity contribution >= 4 is 5.91 Å². The molecule has 0 N–H and O–H groups in total. The summed E-state index contributed by atoms with van der Waals surface area (Å²) in [6.45, 7) is 5.83. The largest absolute Gasteiger partial charge is 0.351 e. The van der Waals surface area contributed by atoms with Crippen molar-refractivity contribution in [2.75, 3.05) is 6.54 Å². The summed E-state index contributed by atoms with van der Waals surface area (Å²) in [7, 11) is 0. The molecule has 2 aromatic rings. The Morgan fingerprint density at radius 3 is 2.83 bits per heavy atom. The van der Waals surface area contributed by atoms with Crippen LogP contribution in [0.4, 0.5) is 0 Å². The number of likely N-dealkylation sites (tertiary alicyclic amines) is 1. The van der Waals surface area contributed by atoms with Gasteiger partial charge in [-0.15, -0.1) is 0 Å². The Morgan fingerprint density at radius 1 is 1.35 bits per heavy atom. The smallest absolute Gasteiger partial charge is 0.224 e. The van der Waals surface area contributed by atoms with E-state index in [4.69, 9.17) is 0 Å². The van der Waals surface area contributed by atoms with E-state index in [0.29, 0.717) is 6.42 Å². The quantitative estimate of drug-likeness (QED) is 0.851. The van der Waals surface area contributed by atoms with E-state index in [0.717, 1.165) is 25.9 Å². The minimum absolute atomic E-state index is 0.201. The average molecular weight is 314 g/mol. The molecule has 5 nitrogen and oxygen atoms in total. The molecule has 3 heterocycles.